The van der Waals surface area contributed by atoms with Crippen LogP contribution in [-0.2, 0) is 0 Å². The van der Waals surface area contributed by atoms with Gasteiger partial charge in [-0.3, -0.25) is 0 Å². The number of halogens is 2. The summed E-state index contributed by atoms with van der Waals surface area (Å²) in [7, 11) is 4.17. The van der Waals surface area contributed by atoms with E-state index in [2.05, 4.69) is 51.7 Å². The van der Waals surface area contributed by atoms with Gasteiger partial charge in [-0.15, -0.1) is 0 Å². The fourth-order valence-electron chi connectivity index (χ4n) is 1.63. The molecular formula is C12H19BrClN3. The average Bonchev–Trinajstić information content (AvgIpc) is 2.25. The number of aromatic nitrogens is 1. The van der Waals surface area contributed by atoms with Crippen LogP contribution in [0.3, 0.4) is 0 Å². The molecule has 0 aliphatic heterocycles. The van der Waals surface area contributed by atoms with E-state index in [4.69, 9.17) is 11.6 Å². The standard InChI is InChI=1S/C12H19BrClN3/c1-4-17(7-5-6-16(2)3)12-11(14)8-10(13)9-15-12/h8-9H,4-7H2,1-3H3. The lowest BCUT2D eigenvalue weighted by Crippen LogP contribution is -2.28. The molecule has 1 aromatic rings. The van der Waals surface area contributed by atoms with Gasteiger partial charge in [0.25, 0.3) is 0 Å². The Kier molecular flexibility index (Phi) is 6.23. The van der Waals surface area contributed by atoms with Gasteiger partial charge in [-0.1, -0.05) is 11.6 Å². The molecule has 0 atom stereocenters. The number of hydrogen-bond acceptors (Lipinski definition) is 3. The predicted molar refractivity (Wildman–Crippen MR) is 78.0 cm³/mol. The Morgan fingerprint density at radius 1 is 1.35 bits per heavy atom. The molecule has 0 aliphatic carbocycles. The fourth-order valence-corrected chi connectivity index (χ4v) is 2.38. The monoisotopic (exact) mass is 319 g/mol. The minimum absolute atomic E-state index is 0.700. The van der Waals surface area contributed by atoms with Crippen LogP contribution < -0.4 is 4.90 Å². The molecule has 0 amide bonds. The van der Waals surface area contributed by atoms with Crippen molar-refractivity contribution in [3.8, 4) is 0 Å². The fraction of sp³-hybridized carbons (Fsp3) is 0.583. The van der Waals surface area contributed by atoms with Crippen molar-refractivity contribution in [2.45, 2.75) is 13.3 Å². The molecule has 0 bridgehead atoms. The highest BCUT2D eigenvalue weighted by molar-refractivity contribution is 9.10. The summed E-state index contributed by atoms with van der Waals surface area (Å²) in [6, 6.07) is 1.89. The Morgan fingerprint density at radius 3 is 2.59 bits per heavy atom. The van der Waals surface area contributed by atoms with Gasteiger partial charge in [-0.25, -0.2) is 4.98 Å². The van der Waals surface area contributed by atoms with Gasteiger partial charge in [0.2, 0.25) is 0 Å². The number of pyridine rings is 1. The van der Waals surface area contributed by atoms with Crippen molar-refractivity contribution in [2.24, 2.45) is 0 Å². The van der Waals surface area contributed by atoms with Gasteiger partial charge in [0.15, 0.2) is 0 Å². The van der Waals surface area contributed by atoms with E-state index >= 15 is 0 Å². The van der Waals surface area contributed by atoms with E-state index in [1.54, 1.807) is 6.20 Å². The number of hydrogen-bond donors (Lipinski definition) is 0. The van der Waals surface area contributed by atoms with E-state index in [9.17, 15) is 0 Å². The minimum atomic E-state index is 0.700. The maximum Gasteiger partial charge on any atom is 0.147 e. The van der Waals surface area contributed by atoms with Crippen LogP contribution in [0.2, 0.25) is 5.02 Å². The second-order valence-electron chi connectivity index (χ2n) is 4.20. The van der Waals surface area contributed by atoms with E-state index in [-0.39, 0.29) is 0 Å². The lowest BCUT2D eigenvalue weighted by atomic mass is 10.3. The van der Waals surface area contributed by atoms with Gasteiger partial charge in [0.1, 0.15) is 5.82 Å². The second-order valence-corrected chi connectivity index (χ2v) is 5.52. The van der Waals surface area contributed by atoms with Crippen molar-refractivity contribution < 1.29 is 0 Å². The first-order valence-corrected chi connectivity index (χ1v) is 6.92. The van der Waals surface area contributed by atoms with Crippen molar-refractivity contribution in [1.82, 2.24) is 9.88 Å². The van der Waals surface area contributed by atoms with Crippen molar-refractivity contribution in [2.75, 3.05) is 38.6 Å². The predicted octanol–water partition coefficient (Wildman–Crippen LogP) is 3.28. The van der Waals surface area contributed by atoms with Crippen molar-refractivity contribution in [1.29, 1.82) is 0 Å². The molecule has 1 rings (SSSR count). The Labute approximate surface area is 117 Å². The Morgan fingerprint density at radius 2 is 2.06 bits per heavy atom. The quantitative estimate of drug-likeness (QED) is 0.802. The van der Waals surface area contributed by atoms with Crippen LogP contribution in [0, 0.1) is 0 Å². The zero-order valence-corrected chi connectivity index (χ0v) is 12.9. The molecule has 0 spiro atoms. The summed E-state index contributed by atoms with van der Waals surface area (Å²) < 4.78 is 0.913. The highest BCUT2D eigenvalue weighted by Gasteiger charge is 2.10. The van der Waals surface area contributed by atoms with E-state index in [1.165, 1.54) is 0 Å². The van der Waals surface area contributed by atoms with Crippen molar-refractivity contribution >= 4 is 33.3 Å². The van der Waals surface area contributed by atoms with Gasteiger partial charge in [-0.2, -0.15) is 0 Å². The maximum absolute atomic E-state index is 6.20. The third kappa shape index (κ3) is 4.82. The van der Waals surface area contributed by atoms with E-state index in [0.717, 1.165) is 36.3 Å². The molecule has 96 valence electrons. The summed E-state index contributed by atoms with van der Waals surface area (Å²) in [6.07, 6.45) is 2.89. The van der Waals surface area contributed by atoms with Crippen LogP contribution in [0.4, 0.5) is 5.82 Å². The average molecular weight is 321 g/mol. The van der Waals surface area contributed by atoms with E-state index in [1.807, 2.05) is 6.07 Å². The van der Waals surface area contributed by atoms with Crippen molar-refractivity contribution in [3.63, 3.8) is 0 Å². The highest BCUT2D eigenvalue weighted by Crippen LogP contribution is 2.26. The third-order valence-corrected chi connectivity index (χ3v) is 3.21. The molecule has 0 N–H and O–H groups in total. The van der Waals surface area contributed by atoms with Crippen molar-refractivity contribution in [3.05, 3.63) is 21.8 Å². The highest BCUT2D eigenvalue weighted by atomic mass is 79.9. The lowest BCUT2D eigenvalue weighted by molar-refractivity contribution is 0.400. The van der Waals surface area contributed by atoms with Gasteiger partial charge in [-0.05, 0) is 56.0 Å². The SMILES string of the molecule is CCN(CCCN(C)C)c1ncc(Br)cc1Cl. The van der Waals surface area contributed by atoms with Crippen LogP contribution in [0.25, 0.3) is 0 Å². The molecule has 0 saturated carbocycles. The van der Waals surface area contributed by atoms with Crippen LogP contribution in [-0.4, -0.2) is 43.6 Å². The molecule has 17 heavy (non-hydrogen) atoms. The smallest absolute Gasteiger partial charge is 0.147 e. The normalized spacial score (nSPS) is 10.9. The molecular weight excluding hydrogens is 302 g/mol. The summed E-state index contributed by atoms with van der Waals surface area (Å²) in [6.45, 7) is 5.09. The molecule has 1 heterocycles. The first-order valence-electron chi connectivity index (χ1n) is 5.75. The zero-order chi connectivity index (χ0) is 12.8. The van der Waals surface area contributed by atoms with E-state index in [0.29, 0.717) is 5.02 Å². The Hall–Kier alpha value is -0.320. The molecule has 3 nitrogen and oxygen atoms in total. The van der Waals surface area contributed by atoms with Gasteiger partial charge in [0, 0.05) is 23.8 Å². The topological polar surface area (TPSA) is 19.4 Å². The minimum Gasteiger partial charge on any atom is -0.356 e. The lowest BCUT2D eigenvalue weighted by Gasteiger charge is -2.23. The molecule has 5 heteroatoms. The van der Waals surface area contributed by atoms with Crippen LogP contribution >= 0.6 is 27.5 Å². The van der Waals surface area contributed by atoms with Gasteiger partial charge in [0.05, 0.1) is 5.02 Å². The summed E-state index contributed by atoms with van der Waals surface area (Å²) >= 11 is 9.57. The maximum atomic E-state index is 6.20. The summed E-state index contributed by atoms with van der Waals surface area (Å²) in [4.78, 5) is 8.77. The molecule has 0 aliphatic rings. The Balaban J connectivity index is 2.66. The largest absolute Gasteiger partial charge is 0.356 e. The molecule has 0 aromatic carbocycles. The first kappa shape index (κ1) is 14.7. The summed E-state index contributed by atoms with van der Waals surface area (Å²) in [5.74, 6) is 0.871. The van der Waals surface area contributed by atoms with Gasteiger partial charge < -0.3 is 9.80 Å². The van der Waals surface area contributed by atoms with E-state index < -0.39 is 0 Å². The zero-order valence-electron chi connectivity index (χ0n) is 10.6. The molecule has 0 saturated heterocycles. The molecule has 1 aromatic heterocycles. The van der Waals surface area contributed by atoms with Crippen LogP contribution in [0.15, 0.2) is 16.7 Å². The number of nitrogens with zero attached hydrogens (tertiary/aromatic N) is 3. The molecule has 0 fully saturated rings. The third-order valence-electron chi connectivity index (χ3n) is 2.50. The molecule has 0 radical (unpaired) electrons. The number of anilines is 1. The first-order chi connectivity index (χ1) is 8.04. The summed E-state index contributed by atoms with van der Waals surface area (Å²) in [5, 5.41) is 0.700. The second kappa shape index (κ2) is 7.19. The van der Waals surface area contributed by atoms with Crippen LogP contribution in [0.5, 0.6) is 0 Å². The summed E-state index contributed by atoms with van der Waals surface area (Å²) in [5.41, 5.74) is 0. The Bertz CT molecular complexity index is 358. The number of rotatable bonds is 6. The van der Waals surface area contributed by atoms with Gasteiger partial charge >= 0.3 is 0 Å². The van der Waals surface area contributed by atoms with Crippen LogP contribution in [0.1, 0.15) is 13.3 Å². The molecule has 0 unspecified atom stereocenters.